The fraction of sp³-hybridized carbons (Fsp3) is 1.00. The third-order valence-electron chi connectivity index (χ3n) is 2.48. The monoisotopic (exact) mass is 267 g/mol. The second kappa shape index (κ2) is 7.53. The van der Waals surface area contributed by atoms with E-state index >= 15 is 0 Å². The predicted molar refractivity (Wildman–Crippen MR) is 68.8 cm³/mol. The zero-order chi connectivity index (χ0) is 11.9. The van der Waals surface area contributed by atoms with Crippen molar-refractivity contribution in [2.45, 2.75) is 6.42 Å². The van der Waals surface area contributed by atoms with Gasteiger partial charge in [0.05, 0.1) is 12.4 Å². The van der Waals surface area contributed by atoms with Gasteiger partial charge in [-0.05, 0) is 12.3 Å². The molecule has 1 saturated heterocycles. The molecule has 0 radical (unpaired) electrons. The standard InChI is InChI=1S/C10H21NO3S2/c1-16(12,13)7-6-15-5-3-11-8-10-2-4-14-9-10/h10-11H,2-9H2,1H3. The molecule has 1 heterocycles. The number of hydrogen-bond donors (Lipinski definition) is 1. The molecule has 0 aromatic rings. The first-order chi connectivity index (χ1) is 7.58. The third kappa shape index (κ3) is 7.49. The molecule has 1 aliphatic rings. The maximum absolute atomic E-state index is 10.9. The van der Waals surface area contributed by atoms with Crippen molar-refractivity contribution in [3.63, 3.8) is 0 Å². The quantitative estimate of drug-likeness (QED) is 0.645. The summed E-state index contributed by atoms with van der Waals surface area (Å²) in [5.74, 6) is 2.63. The van der Waals surface area contributed by atoms with Crippen molar-refractivity contribution in [3.8, 4) is 0 Å². The van der Waals surface area contributed by atoms with Crippen molar-refractivity contribution in [2.75, 3.05) is 49.8 Å². The summed E-state index contributed by atoms with van der Waals surface area (Å²) >= 11 is 1.69. The normalized spacial score (nSPS) is 21.4. The molecular formula is C10H21NO3S2. The van der Waals surface area contributed by atoms with Gasteiger partial charge in [0.1, 0.15) is 9.84 Å². The van der Waals surface area contributed by atoms with Gasteiger partial charge in [0.25, 0.3) is 0 Å². The minimum absolute atomic E-state index is 0.286. The number of thioether (sulfide) groups is 1. The second-order valence-corrected chi connectivity index (χ2v) is 7.66. The van der Waals surface area contributed by atoms with Gasteiger partial charge >= 0.3 is 0 Å². The van der Waals surface area contributed by atoms with Crippen molar-refractivity contribution < 1.29 is 13.2 Å². The molecule has 1 atom stereocenters. The van der Waals surface area contributed by atoms with Gasteiger partial charge in [-0.15, -0.1) is 0 Å². The van der Waals surface area contributed by atoms with E-state index in [1.807, 2.05) is 0 Å². The van der Waals surface area contributed by atoms with Crippen LogP contribution in [0.1, 0.15) is 6.42 Å². The fourth-order valence-electron chi connectivity index (χ4n) is 1.51. The van der Waals surface area contributed by atoms with Gasteiger partial charge in [0.15, 0.2) is 0 Å². The van der Waals surface area contributed by atoms with Crippen molar-refractivity contribution in [2.24, 2.45) is 5.92 Å². The first kappa shape index (κ1) is 14.3. The van der Waals surface area contributed by atoms with E-state index in [0.717, 1.165) is 38.5 Å². The highest BCUT2D eigenvalue weighted by Gasteiger charge is 2.14. The molecule has 4 nitrogen and oxygen atoms in total. The number of hydrogen-bond acceptors (Lipinski definition) is 5. The number of rotatable bonds is 8. The highest BCUT2D eigenvalue weighted by molar-refractivity contribution is 8.00. The maximum Gasteiger partial charge on any atom is 0.148 e. The maximum atomic E-state index is 10.9. The molecule has 6 heteroatoms. The summed E-state index contributed by atoms with van der Waals surface area (Å²) < 4.78 is 27.0. The van der Waals surface area contributed by atoms with E-state index in [9.17, 15) is 8.42 Å². The lowest BCUT2D eigenvalue weighted by molar-refractivity contribution is 0.185. The van der Waals surface area contributed by atoms with Gasteiger partial charge in [0.2, 0.25) is 0 Å². The van der Waals surface area contributed by atoms with Gasteiger partial charge < -0.3 is 10.1 Å². The number of nitrogens with one attached hydrogen (secondary N) is 1. The summed E-state index contributed by atoms with van der Waals surface area (Å²) in [6, 6.07) is 0. The molecule has 1 N–H and O–H groups in total. The summed E-state index contributed by atoms with van der Waals surface area (Å²) in [7, 11) is -2.79. The van der Waals surface area contributed by atoms with Gasteiger partial charge in [-0.3, -0.25) is 0 Å². The molecule has 1 unspecified atom stereocenters. The molecule has 1 rings (SSSR count). The van der Waals surface area contributed by atoms with Crippen molar-refractivity contribution >= 4 is 21.6 Å². The van der Waals surface area contributed by atoms with Crippen LogP contribution in [-0.4, -0.2) is 58.2 Å². The molecule has 16 heavy (non-hydrogen) atoms. The zero-order valence-electron chi connectivity index (χ0n) is 9.78. The van der Waals surface area contributed by atoms with Crippen LogP contribution in [0.3, 0.4) is 0 Å². The Balaban J connectivity index is 1.84. The van der Waals surface area contributed by atoms with Gasteiger partial charge in [0, 0.05) is 37.5 Å². The predicted octanol–water partition coefficient (Wildman–Crippen LogP) is 0.390. The van der Waals surface area contributed by atoms with Crippen molar-refractivity contribution in [3.05, 3.63) is 0 Å². The fourth-order valence-corrected chi connectivity index (χ4v) is 3.68. The smallest absolute Gasteiger partial charge is 0.148 e. The average molecular weight is 267 g/mol. The summed E-state index contributed by atoms with van der Waals surface area (Å²) in [5, 5.41) is 3.37. The Morgan fingerprint density at radius 1 is 1.44 bits per heavy atom. The molecular weight excluding hydrogens is 246 g/mol. The van der Waals surface area contributed by atoms with Crippen LogP contribution in [0.15, 0.2) is 0 Å². The molecule has 0 aromatic heterocycles. The molecule has 0 amide bonds. The van der Waals surface area contributed by atoms with Crippen LogP contribution in [0, 0.1) is 5.92 Å². The van der Waals surface area contributed by atoms with E-state index in [1.54, 1.807) is 11.8 Å². The summed E-state index contributed by atoms with van der Waals surface area (Å²) in [4.78, 5) is 0. The van der Waals surface area contributed by atoms with Gasteiger partial charge in [-0.25, -0.2) is 8.42 Å². The Morgan fingerprint density at radius 2 is 2.25 bits per heavy atom. The molecule has 0 bridgehead atoms. The Kier molecular flexibility index (Phi) is 6.72. The molecule has 0 saturated carbocycles. The van der Waals surface area contributed by atoms with Crippen molar-refractivity contribution in [1.82, 2.24) is 5.32 Å². The topological polar surface area (TPSA) is 55.4 Å². The van der Waals surface area contributed by atoms with Crippen LogP contribution in [0.2, 0.25) is 0 Å². The zero-order valence-corrected chi connectivity index (χ0v) is 11.4. The van der Waals surface area contributed by atoms with Gasteiger partial charge in [-0.1, -0.05) is 0 Å². The summed E-state index contributed by atoms with van der Waals surface area (Å²) in [6.45, 7) is 3.75. The van der Waals surface area contributed by atoms with Crippen LogP contribution in [0.25, 0.3) is 0 Å². The molecule has 1 aliphatic heterocycles. The minimum Gasteiger partial charge on any atom is -0.381 e. The molecule has 96 valence electrons. The largest absolute Gasteiger partial charge is 0.381 e. The summed E-state index contributed by atoms with van der Waals surface area (Å²) in [6.07, 6.45) is 2.44. The van der Waals surface area contributed by atoms with E-state index in [-0.39, 0.29) is 5.75 Å². The Hall–Kier alpha value is 0.220. The molecule has 1 fully saturated rings. The Bertz CT molecular complexity index is 274. The van der Waals surface area contributed by atoms with E-state index in [2.05, 4.69) is 5.32 Å². The lowest BCUT2D eigenvalue weighted by Crippen LogP contribution is -2.25. The van der Waals surface area contributed by atoms with Crippen LogP contribution in [-0.2, 0) is 14.6 Å². The highest BCUT2D eigenvalue weighted by Crippen LogP contribution is 2.10. The van der Waals surface area contributed by atoms with Crippen molar-refractivity contribution in [1.29, 1.82) is 0 Å². The van der Waals surface area contributed by atoms with Crippen LogP contribution >= 0.6 is 11.8 Å². The molecule has 0 spiro atoms. The third-order valence-corrected chi connectivity index (χ3v) is 4.67. The molecule has 0 aliphatic carbocycles. The lowest BCUT2D eigenvalue weighted by Gasteiger charge is -2.08. The van der Waals surface area contributed by atoms with E-state index in [1.165, 1.54) is 6.26 Å². The number of sulfone groups is 1. The number of ether oxygens (including phenoxy) is 1. The van der Waals surface area contributed by atoms with Crippen LogP contribution < -0.4 is 5.32 Å². The second-order valence-electron chi connectivity index (χ2n) is 4.18. The van der Waals surface area contributed by atoms with E-state index in [0.29, 0.717) is 11.7 Å². The first-order valence-corrected chi connectivity index (χ1v) is 8.83. The molecule has 0 aromatic carbocycles. The van der Waals surface area contributed by atoms with E-state index in [4.69, 9.17) is 4.74 Å². The first-order valence-electron chi connectivity index (χ1n) is 5.62. The minimum atomic E-state index is -2.79. The SMILES string of the molecule is CS(=O)(=O)CCSCCNCC1CCOC1. The van der Waals surface area contributed by atoms with Gasteiger partial charge in [-0.2, -0.15) is 11.8 Å². The lowest BCUT2D eigenvalue weighted by atomic mass is 10.1. The van der Waals surface area contributed by atoms with Crippen LogP contribution in [0.4, 0.5) is 0 Å². The summed E-state index contributed by atoms with van der Waals surface area (Å²) in [5.41, 5.74) is 0. The van der Waals surface area contributed by atoms with Crippen LogP contribution in [0.5, 0.6) is 0 Å². The average Bonchev–Trinajstić information content (AvgIpc) is 2.67. The Morgan fingerprint density at radius 3 is 2.88 bits per heavy atom. The Labute approximate surface area is 102 Å². The highest BCUT2D eigenvalue weighted by atomic mass is 32.2. The van der Waals surface area contributed by atoms with E-state index < -0.39 is 9.84 Å².